The lowest BCUT2D eigenvalue weighted by Gasteiger charge is -2.24. The normalized spacial score (nSPS) is 13.0. The molecular weight excluding hydrogens is 346 g/mol. The molecule has 0 aliphatic rings. The first kappa shape index (κ1) is 18.2. The maximum absolute atomic E-state index is 12.2. The fraction of sp³-hybridized carbons (Fsp3) is 0.136. The molecule has 0 aliphatic carbocycles. The molecule has 0 heterocycles. The van der Waals surface area contributed by atoms with Crippen LogP contribution in [0.25, 0.3) is 11.1 Å². The van der Waals surface area contributed by atoms with Crippen molar-refractivity contribution >= 4 is 17.5 Å². The maximum Gasteiger partial charge on any atom is 0.251 e. The van der Waals surface area contributed by atoms with Gasteiger partial charge in [-0.1, -0.05) is 72.3 Å². The predicted molar refractivity (Wildman–Crippen MR) is 105 cm³/mol. The molecule has 1 atom stereocenters. The van der Waals surface area contributed by atoms with E-state index in [4.69, 9.17) is 11.6 Å². The van der Waals surface area contributed by atoms with Crippen molar-refractivity contribution in [3.8, 4) is 11.1 Å². The third kappa shape index (κ3) is 4.31. The lowest BCUT2D eigenvalue weighted by molar-refractivity contribution is 0.0526. The molecule has 132 valence electrons. The summed E-state index contributed by atoms with van der Waals surface area (Å²) in [5.41, 5.74) is 2.22. The van der Waals surface area contributed by atoms with Crippen molar-refractivity contribution in [3.05, 3.63) is 95.0 Å². The van der Waals surface area contributed by atoms with Crippen molar-refractivity contribution in [1.82, 2.24) is 5.32 Å². The van der Waals surface area contributed by atoms with Crippen LogP contribution < -0.4 is 5.32 Å². The molecule has 1 amide bonds. The molecule has 3 rings (SSSR count). The Balaban J connectivity index is 1.69. The number of nitrogens with one attached hydrogen (secondary N) is 1. The van der Waals surface area contributed by atoms with Crippen molar-refractivity contribution < 1.29 is 9.90 Å². The molecule has 0 aromatic heterocycles. The van der Waals surface area contributed by atoms with E-state index >= 15 is 0 Å². The Bertz CT molecular complexity index is 890. The summed E-state index contributed by atoms with van der Waals surface area (Å²) in [7, 11) is 0. The summed E-state index contributed by atoms with van der Waals surface area (Å²) in [4.78, 5) is 12.2. The van der Waals surface area contributed by atoms with Crippen LogP contribution in [0.15, 0.2) is 78.9 Å². The highest BCUT2D eigenvalue weighted by molar-refractivity contribution is 6.30. The van der Waals surface area contributed by atoms with Crippen molar-refractivity contribution in [1.29, 1.82) is 0 Å². The number of carbonyl (C=O) groups excluding carboxylic acids is 1. The number of hydrogen-bond donors (Lipinski definition) is 2. The van der Waals surface area contributed by atoms with Gasteiger partial charge in [-0.15, -0.1) is 0 Å². The van der Waals surface area contributed by atoms with Gasteiger partial charge in [-0.05, 0) is 41.8 Å². The number of rotatable bonds is 5. The SMILES string of the molecule is CC(O)(CNC(=O)c1cccc(Cl)c1)c1ccc(-c2ccccc2)cc1. The molecule has 4 heteroatoms. The smallest absolute Gasteiger partial charge is 0.251 e. The highest BCUT2D eigenvalue weighted by Gasteiger charge is 2.24. The fourth-order valence-corrected chi connectivity index (χ4v) is 2.93. The van der Waals surface area contributed by atoms with E-state index in [-0.39, 0.29) is 12.5 Å². The first-order valence-electron chi connectivity index (χ1n) is 8.38. The topological polar surface area (TPSA) is 49.3 Å². The number of halogens is 1. The summed E-state index contributed by atoms with van der Waals surface area (Å²) >= 11 is 5.91. The summed E-state index contributed by atoms with van der Waals surface area (Å²) in [6, 6.07) is 24.5. The Kier molecular flexibility index (Phi) is 5.40. The van der Waals surface area contributed by atoms with Crippen LogP contribution in [0.4, 0.5) is 0 Å². The van der Waals surface area contributed by atoms with E-state index < -0.39 is 5.60 Å². The average molecular weight is 366 g/mol. The minimum absolute atomic E-state index is 0.100. The van der Waals surface area contributed by atoms with Crippen LogP contribution >= 0.6 is 11.6 Å². The number of carbonyl (C=O) groups is 1. The minimum Gasteiger partial charge on any atom is -0.384 e. The van der Waals surface area contributed by atoms with Gasteiger partial charge in [-0.3, -0.25) is 4.79 Å². The zero-order valence-electron chi connectivity index (χ0n) is 14.4. The molecule has 1 unspecified atom stereocenters. The summed E-state index contributed by atoms with van der Waals surface area (Å²) in [6.45, 7) is 1.78. The van der Waals surface area contributed by atoms with Crippen LogP contribution in [0.5, 0.6) is 0 Å². The summed E-state index contributed by atoms with van der Waals surface area (Å²) in [6.07, 6.45) is 0. The predicted octanol–water partition coefficient (Wildman–Crippen LogP) is 4.64. The van der Waals surface area contributed by atoms with Crippen LogP contribution in [0.2, 0.25) is 5.02 Å². The zero-order valence-corrected chi connectivity index (χ0v) is 15.2. The van der Waals surface area contributed by atoms with Gasteiger partial charge in [0.05, 0.1) is 6.54 Å². The molecule has 3 aromatic carbocycles. The zero-order chi connectivity index (χ0) is 18.6. The molecule has 0 radical (unpaired) electrons. The fourth-order valence-electron chi connectivity index (χ4n) is 2.74. The number of amides is 1. The lowest BCUT2D eigenvalue weighted by Crippen LogP contribution is -2.38. The van der Waals surface area contributed by atoms with Gasteiger partial charge >= 0.3 is 0 Å². The van der Waals surface area contributed by atoms with Crippen LogP contribution in [-0.4, -0.2) is 17.6 Å². The van der Waals surface area contributed by atoms with Gasteiger partial charge in [0.25, 0.3) is 5.91 Å². The number of hydrogen-bond acceptors (Lipinski definition) is 2. The monoisotopic (exact) mass is 365 g/mol. The third-order valence-corrected chi connectivity index (χ3v) is 4.53. The quantitative estimate of drug-likeness (QED) is 0.691. The highest BCUT2D eigenvalue weighted by Crippen LogP contribution is 2.25. The highest BCUT2D eigenvalue weighted by atomic mass is 35.5. The van der Waals surface area contributed by atoms with Gasteiger partial charge < -0.3 is 10.4 Å². The minimum atomic E-state index is -1.18. The van der Waals surface area contributed by atoms with Crippen LogP contribution in [-0.2, 0) is 5.60 Å². The second-order valence-electron chi connectivity index (χ2n) is 6.41. The van der Waals surface area contributed by atoms with Crippen molar-refractivity contribution in [3.63, 3.8) is 0 Å². The lowest BCUT2D eigenvalue weighted by atomic mass is 9.93. The molecule has 26 heavy (non-hydrogen) atoms. The van der Waals surface area contributed by atoms with Gasteiger partial charge in [0.15, 0.2) is 0 Å². The standard InChI is InChI=1S/C22H20ClNO2/c1-22(26,15-24-21(25)18-8-5-9-20(23)14-18)19-12-10-17(11-13-19)16-6-3-2-4-7-16/h2-14,26H,15H2,1H3,(H,24,25). The van der Waals surface area contributed by atoms with Crippen molar-refractivity contribution in [2.45, 2.75) is 12.5 Å². The molecule has 0 saturated heterocycles. The largest absolute Gasteiger partial charge is 0.384 e. The molecule has 3 aromatic rings. The van der Waals surface area contributed by atoms with Crippen LogP contribution in [0.1, 0.15) is 22.8 Å². The second-order valence-corrected chi connectivity index (χ2v) is 6.85. The second kappa shape index (κ2) is 7.73. The molecular formula is C22H20ClNO2. The average Bonchev–Trinajstić information content (AvgIpc) is 2.67. The van der Waals surface area contributed by atoms with Gasteiger partial charge in [-0.25, -0.2) is 0 Å². The van der Waals surface area contributed by atoms with E-state index in [0.29, 0.717) is 10.6 Å². The van der Waals surface area contributed by atoms with E-state index in [2.05, 4.69) is 5.32 Å². The number of aliphatic hydroxyl groups is 1. The van der Waals surface area contributed by atoms with Crippen molar-refractivity contribution in [2.24, 2.45) is 0 Å². The Morgan fingerprint density at radius 2 is 1.62 bits per heavy atom. The molecule has 0 spiro atoms. The molecule has 0 saturated carbocycles. The van der Waals surface area contributed by atoms with Gasteiger partial charge in [0.1, 0.15) is 5.60 Å². The van der Waals surface area contributed by atoms with E-state index in [9.17, 15) is 9.90 Å². The number of benzene rings is 3. The van der Waals surface area contributed by atoms with E-state index in [1.807, 2.05) is 54.6 Å². The first-order valence-corrected chi connectivity index (χ1v) is 8.76. The molecule has 3 nitrogen and oxygen atoms in total. The summed E-state index contributed by atoms with van der Waals surface area (Å²) in [5.74, 6) is -0.270. The van der Waals surface area contributed by atoms with Crippen LogP contribution in [0, 0.1) is 0 Å². The van der Waals surface area contributed by atoms with Crippen LogP contribution in [0.3, 0.4) is 0 Å². The molecule has 0 aliphatic heterocycles. The van der Waals surface area contributed by atoms with Gasteiger partial charge in [0.2, 0.25) is 0 Å². The Morgan fingerprint density at radius 1 is 0.962 bits per heavy atom. The van der Waals surface area contributed by atoms with Gasteiger partial charge in [0, 0.05) is 10.6 Å². The van der Waals surface area contributed by atoms with Gasteiger partial charge in [-0.2, -0.15) is 0 Å². The van der Waals surface area contributed by atoms with Crippen molar-refractivity contribution in [2.75, 3.05) is 6.54 Å². The first-order chi connectivity index (χ1) is 12.5. The van der Waals surface area contributed by atoms with E-state index in [0.717, 1.165) is 16.7 Å². The Labute approximate surface area is 158 Å². The van der Waals surface area contributed by atoms with E-state index in [1.54, 1.807) is 31.2 Å². The molecule has 2 N–H and O–H groups in total. The molecule has 0 fully saturated rings. The Hall–Kier alpha value is -2.62. The summed E-state index contributed by atoms with van der Waals surface area (Å²) in [5, 5.41) is 14.0. The molecule has 0 bridgehead atoms. The third-order valence-electron chi connectivity index (χ3n) is 4.29. The summed E-state index contributed by atoms with van der Waals surface area (Å²) < 4.78 is 0. The van der Waals surface area contributed by atoms with E-state index in [1.165, 1.54) is 0 Å². The maximum atomic E-state index is 12.2. The Morgan fingerprint density at radius 3 is 2.27 bits per heavy atom.